The van der Waals surface area contributed by atoms with Crippen molar-refractivity contribution in [2.75, 3.05) is 11.5 Å². The quantitative estimate of drug-likeness (QED) is 0.764. The van der Waals surface area contributed by atoms with E-state index in [1.807, 2.05) is 54.6 Å². The van der Waals surface area contributed by atoms with E-state index in [1.165, 1.54) is 0 Å². The zero-order valence-electron chi connectivity index (χ0n) is 11.1. The Labute approximate surface area is 121 Å². The number of ether oxygens (including phenoxy) is 1. The number of rotatable bonds is 3. The minimum atomic E-state index is 0.0395. The third-order valence-corrected chi connectivity index (χ3v) is 2.84. The fourth-order valence-electron chi connectivity index (χ4n) is 1.91. The first kappa shape index (κ1) is 12.9. The smallest absolute Gasteiger partial charge is 0.242 e. The van der Waals surface area contributed by atoms with Gasteiger partial charge in [-0.2, -0.15) is 4.98 Å². The highest BCUT2D eigenvalue weighted by atomic mass is 16.5. The summed E-state index contributed by atoms with van der Waals surface area (Å²) in [6, 6.07) is 16.9. The number of nitrogens with two attached hydrogens (primary N) is 2. The van der Waals surface area contributed by atoms with Crippen LogP contribution in [0, 0.1) is 0 Å². The van der Waals surface area contributed by atoms with E-state index in [4.69, 9.17) is 16.2 Å². The van der Waals surface area contributed by atoms with E-state index in [0.717, 1.165) is 5.75 Å². The van der Waals surface area contributed by atoms with Crippen molar-refractivity contribution in [1.82, 2.24) is 15.2 Å². The predicted octanol–water partition coefficient (Wildman–Crippen LogP) is 2.50. The molecule has 104 valence electrons. The molecule has 0 fully saturated rings. The van der Waals surface area contributed by atoms with E-state index in [-0.39, 0.29) is 11.8 Å². The lowest BCUT2D eigenvalue weighted by molar-refractivity contribution is 0.484. The molecule has 0 saturated heterocycles. The molecule has 1 aromatic heterocycles. The van der Waals surface area contributed by atoms with Crippen LogP contribution in [0.4, 0.5) is 11.8 Å². The molecule has 6 nitrogen and oxygen atoms in total. The fourth-order valence-corrected chi connectivity index (χ4v) is 1.91. The number of hydrogen-bond acceptors (Lipinski definition) is 6. The molecule has 0 aliphatic carbocycles. The topological polar surface area (TPSA) is 99.9 Å². The van der Waals surface area contributed by atoms with Gasteiger partial charge in [-0.1, -0.05) is 30.3 Å². The van der Waals surface area contributed by atoms with Crippen LogP contribution in [0.15, 0.2) is 54.6 Å². The van der Waals surface area contributed by atoms with Crippen LogP contribution in [0.5, 0.6) is 11.5 Å². The second-order valence-corrected chi connectivity index (χ2v) is 4.32. The maximum atomic E-state index is 5.87. The molecule has 0 aliphatic rings. The van der Waals surface area contributed by atoms with Crippen LogP contribution >= 0.6 is 0 Å². The standard InChI is InChI=1S/C15H13N5O/c16-14-13(19-20-15(17)18-14)11-8-4-5-9-12(11)21-10-6-2-1-3-7-10/h1-9H,(H4,16,17,18,20). The van der Waals surface area contributed by atoms with E-state index in [0.29, 0.717) is 17.0 Å². The normalized spacial score (nSPS) is 10.3. The Morgan fingerprint density at radius 1 is 0.810 bits per heavy atom. The third-order valence-electron chi connectivity index (χ3n) is 2.84. The van der Waals surface area contributed by atoms with Crippen LogP contribution in [0.2, 0.25) is 0 Å². The van der Waals surface area contributed by atoms with Crippen molar-refractivity contribution in [3.8, 4) is 22.8 Å². The van der Waals surface area contributed by atoms with Gasteiger partial charge in [0.15, 0.2) is 5.82 Å². The van der Waals surface area contributed by atoms with Crippen molar-refractivity contribution in [1.29, 1.82) is 0 Å². The molecule has 4 N–H and O–H groups in total. The Morgan fingerprint density at radius 2 is 1.52 bits per heavy atom. The maximum absolute atomic E-state index is 5.87. The summed E-state index contributed by atoms with van der Waals surface area (Å²) >= 11 is 0. The maximum Gasteiger partial charge on any atom is 0.242 e. The van der Waals surface area contributed by atoms with Gasteiger partial charge in [-0.15, -0.1) is 10.2 Å². The van der Waals surface area contributed by atoms with Crippen molar-refractivity contribution in [2.24, 2.45) is 0 Å². The summed E-state index contributed by atoms with van der Waals surface area (Å²) in [6.07, 6.45) is 0. The summed E-state index contributed by atoms with van der Waals surface area (Å²) in [5.41, 5.74) is 12.5. The lowest BCUT2D eigenvalue weighted by atomic mass is 10.1. The lowest BCUT2D eigenvalue weighted by Gasteiger charge is -2.11. The number of para-hydroxylation sites is 2. The van der Waals surface area contributed by atoms with Crippen LogP contribution in [0.3, 0.4) is 0 Å². The average molecular weight is 279 g/mol. The van der Waals surface area contributed by atoms with Gasteiger partial charge in [-0.25, -0.2) is 0 Å². The summed E-state index contributed by atoms with van der Waals surface area (Å²) in [6.45, 7) is 0. The molecule has 0 bridgehead atoms. The molecule has 6 heteroatoms. The molecular weight excluding hydrogens is 266 g/mol. The van der Waals surface area contributed by atoms with Gasteiger partial charge in [0.2, 0.25) is 5.95 Å². The number of benzene rings is 2. The number of hydrogen-bond donors (Lipinski definition) is 2. The Bertz CT molecular complexity index is 761. The van der Waals surface area contributed by atoms with Crippen molar-refractivity contribution in [3.63, 3.8) is 0 Å². The molecule has 2 aromatic carbocycles. The van der Waals surface area contributed by atoms with Gasteiger partial charge in [0.05, 0.1) is 0 Å². The van der Waals surface area contributed by atoms with Gasteiger partial charge in [0.25, 0.3) is 0 Å². The minimum Gasteiger partial charge on any atom is -0.457 e. The molecule has 1 heterocycles. The van der Waals surface area contributed by atoms with E-state index in [2.05, 4.69) is 15.2 Å². The molecule has 0 unspecified atom stereocenters. The SMILES string of the molecule is Nc1nnc(-c2ccccc2Oc2ccccc2)c(N)n1. The van der Waals surface area contributed by atoms with Crippen LogP contribution in [0.1, 0.15) is 0 Å². The first-order valence-corrected chi connectivity index (χ1v) is 6.32. The molecular formula is C15H13N5O. The van der Waals surface area contributed by atoms with Crippen molar-refractivity contribution >= 4 is 11.8 Å². The summed E-state index contributed by atoms with van der Waals surface area (Å²) in [5.74, 6) is 1.60. The highest BCUT2D eigenvalue weighted by Gasteiger charge is 2.13. The first-order valence-electron chi connectivity index (χ1n) is 6.32. The summed E-state index contributed by atoms with van der Waals surface area (Å²) in [7, 11) is 0. The molecule has 0 aliphatic heterocycles. The number of aromatic nitrogens is 3. The molecule has 0 spiro atoms. The Kier molecular flexibility index (Phi) is 3.34. The van der Waals surface area contributed by atoms with Gasteiger partial charge in [0.1, 0.15) is 17.2 Å². The van der Waals surface area contributed by atoms with Crippen molar-refractivity contribution in [3.05, 3.63) is 54.6 Å². The Morgan fingerprint density at radius 3 is 2.29 bits per heavy atom. The van der Waals surface area contributed by atoms with Crippen LogP contribution < -0.4 is 16.2 Å². The molecule has 3 rings (SSSR count). The lowest BCUT2D eigenvalue weighted by Crippen LogP contribution is -2.04. The van der Waals surface area contributed by atoms with E-state index in [9.17, 15) is 0 Å². The zero-order chi connectivity index (χ0) is 14.7. The van der Waals surface area contributed by atoms with Crippen LogP contribution in [-0.4, -0.2) is 15.2 Å². The van der Waals surface area contributed by atoms with Crippen molar-refractivity contribution in [2.45, 2.75) is 0 Å². The van der Waals surface area contributed by atoms with Gasteiger partial charge in [-0.3, -0.25) is 0 Å². The number of nitrogens with zero attached hydrogens (tertiary/aromatic N) is 3. The van der Waals surface area contributed by atoms with E-state index >= 15 is 0 Å². The first-order chi connectivity index (χ1) is 10.2. The monoisotopic (exact) mass is 279 g/mol. The van der Waals surface area contributed by atoms with Gasteiger partial charge >= 0.3 is 0 Å². The molecule has 0 amide bonds. The Hall–Kier alpha value is -3.15. The zero-order valence-corrected chi connectivity index (χ0v) is 11.1. The van der Waals surface area contributed by atoms with E-state index in [1.54, 1.807) is 0 Å². The van der Waals surface area contributed by atoms with Gasteiger partial charge in [-0.05, 0) is 24.3 Å². The molecule has 0 saturated carbocycles. The predicted molar refractivity (Wildman–Crippen MR) is 80.6 cm³/mol. The van der Waals surface area contributed by atoms with Crippen LogP contribution in [0.25, 0.3) is 11.3 Å². The third kappa shape index (κ3) is 2.74. The van der Waals surface area contributed by atoms with Crippen molar-refractivity contribution < 1.29 is 4.74 Å². The van der Waals surface area contributed by atoms with Gasteiger partial charge in [0, 0.05) is 5.56 Å². The fraction of sp³-hybridized carbons (Fsp3) is 0. The second kappa shape index (κ2) is 5.46. The van der Waals surface area contributed by atoms with Gasteiger partial charge < -0.3 is 16.2 Å². The summed E-state index contributed by atoms with van der Waals surface area (Å²) in [5, 5.41) is 7.75. The number of nitrogen functional groups attached to an aromatic ring is 2. The highest BCUT2D eigenvalue weighted by Crippen LogP contribution is 2.33. The summed E-state index contributed by atoms with van der Waals surface area (Å²) < 4.78 is 5.87. The molecule has 3 aromatic rings. The largest absolute Gasteiger partial charge is 0.457 e. The van der Waals surface area contributed by atoms with E-state index < -0.39 is 0 Å². The molecule has 0 atom stereocenters. The molecule has 0 radical (unpaired) electrons. The van der Waals surface area contributed by atoms with Crippen LogP contribution in [-0.2, 0) is 0 Å². The minimum absolute atomic E-state index is 0.0395. The number of anilines is 2. The highest BCUT2D eigenvalue weighted by molar-refractivity contribution is 5.75. The second-order valence-electron chi connectivity index (χ2n) is 4.32. The summed E-state index contributed by atoms with van der Waals surface area (Å²) in [4.78, 5) is 3.92. The average Bonchev–Trinajstić information content (AvgIpc) is 2.49. The molecule has 21 heavy (non-hydrogen) atoms. The Balaban J connectivity index is 2.03.